The lowest BCUT2D eigenvalue weighted by Gasteiger charge is -2.06. The second kappa shape index (κ2) is 5.53. The zero-order chi connectivity index (χ0) is 12.1. The van der Waals surface area contributed by atoms with Crippen LogP contribution in [0, 0.1) is 0 Å². The molecule has 0 amide bonds. The van der Waals surface area contributed by atoms with Crippen LogP contribution in [0.4, 0.5) is 0 Å². The van der Waals surface area contributed by atoms with Gasteiger partial charge in [0.1, 0.15) is 5.75 Å². The van der Waals surface area contributed by atoms with Crippen molar-refractivity contribution in [3.05, 3.63) is 54.6 Å². The van der Waals surface area contributed by atoms with Gasteiger partial charge in [0, 0.05) is 0 Å². The quantitative estimate of drug-likeness (QED) is 0.688. The zero-order valence-electron chi connectivity index (χ0n) is 10.3. The largest absolute Gasteiger partial charge is 0.494 e. The average molecular weight is 226 g/mol. The Morgan fingerprint density at radius 3 is 2.65 bits per heavy atom. The number of rotatable bonds is 5. The first-order valence-corrected chi connectivity index (χ1v) is 6.10. The highest BCUT2D eigenvalue weighted by atomic mass is 16.5. The first kappa shape index (κ1) is 11.7. The second-order valence-corrected chi connectivity index (χ2v) is 4.10. The first-order valence-electron chi connectivity index (χ1n) is 6.10. The van der Waals surface area contributed by atoms with Gasteiger partial charge >= 0.3 is 0 Å². The topological polar surface area (TPSA) is 9.23 Å². The molecule has 0 unspecified atom stereocenters. The summed E-state index contributed by atoms with van der Waals surface area (Å²) in [5.41, 5.74) is 1.36. The molecule has 2 aromatic carbocycles. The van der Waals surface area contributed by atoms with Gasteiger partial charge < -0.3 is 4.74 Å². The summed E-state index contributed by atoms with van der Waals surface area (Å²) in [4.78, 5) is 0. The molecule has 0 saturated heterocycles. The third-order valence-corrected chi connectivity index (χ3v) is 2.82. The Hall–Kier alpha value is -1.76. The highest BCUT2D eigenvalue weighted by Crippen LogP contribution is 2.22. The predicted molar refractivity (Wildman–Crippen MR) is 73.6 cm³/mol. The van der Waals surface area contributed by atoms with E-state index >= 15 is 0 Å². The van der Waals surface area contributed by atoms with E-state index in [0.29, 0.717) is 6.61 Å². The summed E-state index contributed by atoms with van der Waals surface area (Å²) in [5.74, 6) is 0.943. The van der Waals surface area contributed by atoms with Gasteiger partial charge in [0.05, 0.1) is 6.61 Å². The number of hydrogen-bond donors (Lipinski definition) is 0. The highest BCUT2D eigenvalue weighted by molar-refractivity contribution is 5.84. The van der Waals surface area contributed by atoms with Crippen molar-refractivity contribution in [1.82, 2.24) is 0 Å². The van der Waals surface area contributed by atoms with E-state index < -0.39 is 0 Å². The molecule has 88 valence electrons. The lowest BCUT2D eigenvalue weighted by molar-refractivity contribution is 0.341. The van der Waals surface area contributed by atoms with Crippen molar-refractivity contribution >= 4 is 10.8 Å². The molecule has 0 atom stereocenters. The van der Waals surface area contributed by atoms with Crippen molar-refractivity contribution in [3.8, 4) is 5.75 Å². The van der Waals surface area contributed by atoms with Crippen molar-refractivity contribution in [2.24, 2.45) is 0 Å². The molecule has 0 aliphatic rings. The molecule has 0 aliphatic heterocycles. The van der Waals surface area contributed by atoms with Crippen LogP contribution in [0.2, 0.25) is 0 Å². The van der Waals surface area contributed by atoms with Crippen molar-refractivity contribution in [3.63, 3.8) is 0 Å². The van der Waals surface area contributed by atoms with Gasteiger partial charge in [0.25, 0.3) is 0 Å². The summed E-state index contributed by atoms with van der Waals surface area (Å²) < 4.78 is 5.50. The number of allylic oxidation sites excluding steroid dienone is 1. The molecule has 0 aromatic heterocycles. The van der Waals surface area contributed by atoms with Crippen LogP contribution in [0.25, 0.3) is 10.8 Å². The Balaban J connectivity index is 2.29. The highest BCUT2D eigenvalue weighted by Gasteiger charge is 1.98. The summed E-state index contributed by atoms with van der Waals surface area (Å²) in [6.45, 7) is 6.47. The lowest BCUT2D eigenvalue weighted by Crippen LogP contribution is -1.91. The summed E-state index contributed by atoms with van der Waals surface area (Å²) >= 11 is 0. The van der Waals surface area contributed by atoms with E-state index in [0.717, 1.165) is 18.6 Å². The first-order chi connectivity index (χ1) is 8.33. The van der Waals surface area contributed by atoms with Gasteiger partial charge in [-0.25, -0.2) is 0 Å². The third kappa shape index (κ3) is 2.88. The SMILES string of the molecule is C=CCCc1ccc2cc(OCC)ccc2c1. The fourth-order valence-corrected chi connectivity index (χ4v) is 1.95. The van der Waals surface area contributed by atoms with Gasteiger partial charge in [-0.1, -0.05) is 30.3 Å². The molecule has 0 N–H and O–H groups in total. The van der Waals surface area contributed by atoms with E-state index in [2.05, 4.69) is 36.9 Å². The maximum absolute atomic E-state index is 5.50. The van der Waals surface area contributed by atoms with Crippen LogP contribution in [0.5, 0.6) is 5.75 Å². The molecule has 0 fully saturated rings. The number of aryl methyl sites for hydroxylation is 1. The molecule has 0 saturated carbocycles. The van der Waals surface area contributed by atoms with Crippen LogP contribution in [-0.2, 0) is 6.42 Å². The molecule has 2 rings (SSSR count). The van der Waals surface area contributed by atoms with E-state index in [1.165, 1.54) is 16.3 Å². The maximum atomic E-state index is 5.50. The summed E-state index contributed by atoms with van der Waals surface area (Å²) in [5, 5.41) is 2.51. The number of ether oxygens (including phenoxy) is 1. The van der Waals surface area contributed by atoms with Crippen molar-refractivity contribution < 1.29 is 4.74 Å². The summed E-state index contributed by atoms with van der Waals surface area (Å²) in [6, 6.07) is 12.8. The van der Waals surface area contributed by atoms with Gasteiger partial charge in [-0.2, -0.15) is 0 Å². The number of fused-ring (bicyclic) bond motifs is 1. The summed E-state index contributed by atoms with van der Waals surface area (Å²) in [6.07, 6.45) is 4.05. The minimum Gasteiger partial charge on any atom is -0.494 e. The van der Waals surface area contributed by atoms with Crippen LogP contribution in [-0.4, -0.2) is 6.61 Å². The normalized spacial score (nSPS) is 10.4. The molecule has 17 heavy (non-hydrogen) atoms. The van der Waals surface area contributed by atoms with Gasteiger partial charge in [-0.05, 0) is 48.2 Å². The van der Waals surface area contributed by atoms with Gasteiger partial charge in [0.15, 0.2) is 0 Å². The fourth-order valence-electron chi connectivity index (χ4n) is 1.95. The van der Waals surface area contributed by atoms with Crippen LogP contribution < -0.4 is 4.74 Å². The predicted octanol–water partition coefficient (Wildman–Crippen LogP) is 4.36. The Morgan fingerprint density at radius 1 is 1.12 bits per heavy atom. The van der Waals surface area contributed by atoms with Crippen LogP contribution in [0.3, 0.4) is 0 Å². The Morgan fingerprint density at radius 2 is 1.88 bits per heavy atom. The molecule has 0 aliphatic carbocycles. The molecule has 1 heteroatoms. The minimum absolute atomic E-state index is 0.711. The second-order valence-electron chi connectivity index (χ2n) is 4.10. The van der Waals surface area contributed by atoms with Gasteiger partial charge in [-0.3, -0.25) is 0 Å². The lowest BCUT2D eigenvalue weighted by atomic mass is 10.0. The molecule has 0 bridgehead atoms. The van der Waals surface area contributed by atoms with E-state index in [1.807, 2.05) is 19.1 Å². The molecule has 2 aromatic rings. The van der Waals surface area contributed by atoms with E-state index in [9.17, 15) is 0 Å². The van der Waals surface area contributed by atoms with E-state index in [4.69, 9.17) is 4.74 Å². The van der Waals surface area contributed by atoms with Crippen LogP contribution in [0.15, 0.2) is 49.1 Å². The molecule has 0 heterocycles. The molecular weight excluding hydrogens is 208 g/mol. The van der Waals surface area contributed by atoms with E-state index in [1.54, 1.807) is 0 Å². The smallest absolute Gasteiger partial charge is 0.119 e. The Kier molecular flexibility index (Phi) is 3.81. The zero-order valence-corrected chi connectivity index (χ0v) is 10.3. The monoisotopic (exact) mass is 226 g/mol. The Bertz CT molecular complexity index is 514. The fraction of sp³-hybridized carbons (Fsp3) is 0.250. The van der Waals surface area contributed by atoms with Gasteiger partial charge in [-0.15, -0.1) is 6.58 Å². The molecular formula is C16H18O. The Labute approximate surface area is 103 Å². The number of benzene rings is 2. The van der Waals surface area contributed by atoms with E-state index in [-0.39, 0.29) is 0 Å². The molecule has 0 spiro atoms. The molecule has 1 nitrogen and oxygen atoms in total. The summed E-state index contributed by atoms with van der Waals surface area (Å²) in [7, 11) is 0. The average Bonchev–Trinajstić information content (AvgIpc) is 2.36. The van der Waals surface area contributed by atoms with Crippen LogP contribution in [0.1, 0.15) is 18.9 Å². The van der Waals surface area contributed by atoms with Crippen LogP contribution >= 0.6 is 0 Å². The van der Waals surface area contributed by atoms with Crippen molar-refractivity contribution in [2.75, 3.05) is 6.61 Å². The maximum Gasteiger partial charge on any atom is 0.119 e. The standard InChI is InChI=1S/C16H18O/c1-3-5-6-13-7-8-15-12-16(17-4-2)10-9-14(15)11-13/h3,7-12H,1,4-6H2,2H3. The number of hydrogen-bond acceptors (Lipinski definition) is 1. The third-order valence-electron chi connectivity index (χ3n) is 2.82. The van der Waals surface area contributed by atoms with Crippen molar-refractivity contribution in [1.29, 1.82) is 0 Å². The van der Waals surface area contributed by atoms with Crippen molar-refractivity contribution in [2.45, 2.75) is 19.8 Å². The van der Waals surface area contributed by atoms with Gasteiger partial charge in [0.2, 0.25) is 0 Å². The minimum atomic E-state index is 0.711. The molecule has 0 radical (unpaired) electrons.